The summed E-state index contributed by atoms with van der Waals surface area (Å²) in [4.78, 5) is 8.75. The summed E-state index contributed by atoms with van der Waals surface area (Å²) in [6.07, 6.45) is 4.69. The van der Waals surface area contributed by atoms with Gasteiger partial charge in [0.25, 0.3) is 0 Å². The van der Waals surface area contributed by atoms with Crippen LogP contribution in [0.4, 0.5) is 5.82 Å². The minimum Gasteiger partial charge on any atom is -0.381 e. The summed E-state index contributed by atoms with van der Waals surface area (Å²) in [5.74, 6) is 2.06. The van der Waals surface area contributed by atoms with E-state index >= 15 is 0 Å². The van der Waals surface area contributed by atoms with E-state index in [1.165, 1.54) is 0 Å². The third kappa shape index (κ3) is 9.28. The number of anilines is 1. The summed E-state index contributed by atoms with van der Waals surface area (Å²) in [6, 6.07) is 1.67. The van der Waals surface area contributed by atoms with E-state index < -0.39 is 0 Å². The van der Waals surface area contributed by atoms with Crippen LogP contribution in [-0.2, 0) is 9.47 Å². The molecule has 2 rings (SSSR count). The number of hydrogen-bond acceptors (Lipinski definition) is 5. The summed E-state index contributed by atoms with van der Waals surface area (Å²) < 4.78 is 11.1. The van der Waals surface area contributed by atoms with Gasteiger partial charge in [0.1, 0.15) is 5.82 Å². The predicted octanol–water partition coefficient (Wildman–Crippen LogP) is 3.19. The Morgan fingerprint density at radius 2 is 2.11 bits per heavy atom. The quantitative estimate of drug-likeness (QED) is 0.283. The Morgan fingerprint density at radius 1 is 1.29 bits per heavy atom. The van der Waals surface area contributed by atoms with Crippen molar-refractivity contribution in [2.75, 3.05) is 57.9 Å². The first-order valence-electron chi connectivity index (χ1n) is 9.91. The molecule has 158 valence electrons. The molecule has 0 spiro atoms. The van der Waals surface area contributed by atoms with Gasteiger partial charge in [-0.25, -0.2) is 4.98 Å². The van der Waals surface area contributed by atoms with Gasteiger partial charge in [0.2, 0.25) is 0 Å². The molecule has 0 saturated carbocycles. The van der Waals surface area contributed by atoms with E-state index in [0.717, 1.165) is 64.7 Å². The summed E-state index contributed by atoms with van der Waals surface area (Å²) in [6.45, 7) is 8.23. The topological polar surface area (TPSA) is 79.8 Å². The first-order chi connectivity index (χ1) is 13.7. The second-order valence-electron chi connectivity index (χ2n) is 6.58. The van der Waals surface area contributed by atoms with Crippen LogP contribution in [-0.4, -0.2) is 63.6 Å². The first kappa shape index (κ1) is 23.0. The summed E-state index contributed by atoms with van der Waals surface area (Å²) in [7, 11) is 0. The van der Waals surface area contributed by atoms with Crippen molar-refractivity contribution in [2.24, 2.45) is 10.9 Å². The van der Waals surface area contributed by atoms with Crippen LogP contribution in [0.3, 0.4) is 0 Å². The fraction of sp³-hybridized carbons (Fsp3) is 0.684. The molecule has 2 heterocycles. The van der Waals surface area contributed by atoms with Gasteiger partial charge >= 0.3 is 0 Å². The maximum Gasteiger partial charge on any atom is 0.191 e. The number of nitrogens with one attached hydrogen (secondary N) is 3. The van der Waals surface area contributed by atoms with Gasteiger partial charge in [-0.3, -0.25) is 4.99 Å². The maximum atomic E-state index is 6.10. The third-order valence-corrected chi connectivity index (χ3v) is 4.77. The van der Waals surface area contributed by atoms with Crippen LogP contribution in [0.25, 0.3) is 0 Å². The Morgan fingerprint density at radius 3 is 2.86 bits per heavy atom. The molecule has 1 aliphatic heterocycles. The molecule has 0 aromatic carbocycles. The number of halogens is 2. The highest BCUT2D eigenvalue weighted by Gasteiger charge is 2.13. The monoisotopic (exact) mass is 431 g/mol. The zero-order valence-corrected chi connectivity index (χ0v) is 18.0. The second kappa shape index (κ2) is 13.8. The average molecular weight is 432 g/mol. The minimum atomic E-state index is 0.508. The number of aromatic nitrogens is 1. The van der Waals surface area contributed by atoms with Gasteiger partial charge in [-0.15, -0.1) is 0 Å². The van der Waals surface area contributed by atoms with Crippen molar-refractivity contribution in [3.63, 3.8) is 0 Å². The highest BCUT2D eigenvalue weighted by Crippen LogP contribution is 2.22. The lowest BCUT2D eigenvalue weighted by Crippen LogP contribution is -2.39. The van der Waals surface area contributed by atoms with E-state index in [1.807, 2.05) is 6.92 Å². The molecule has 9 heteroatoms. The Kier molecular flexibility index (Phi) is 11.4. The summed E-state index contributed by atoms with van der Waals surface area (Å²) in [5, 5.41) is 10.7. The van der Waals surface area contributed by atoms with Crippen LogP contribution in [0.2, 0.25) is 10.0 Å². The number of hydrogen-bond donors (Lipinski definition) is 3. The lowest BCUT2D eigenvalue weighted by atomic mass is 10.0. The highest BCUT2D eigenvalue weighted by atomic mass is 35.5. The van der Waals surface area contributed by atoms with E-state index in [0.29, 0.717) is 34.9 Å². The van der Waals surface area contributed by atoms with Gasteiger partial charge in [0.15, 0.2) is 5.96 Å². The predicted molar refractivity (Wildman–Crippen MR) is 116 cm³/mol. The van der Waals surface area contributed by atoms with Crippen molar-refractivity contribution in [1.82, 2.24) is 15.6 Å². The Balaban J connectivity index is 1.58. The fourth-order valence-electron chi connectivity index (χ4n) is 2.77. The highest BCUT2D eigenvalue weighted by molar-refractivity contribution is 6.35. The van der Waals surface area contributed by atoms with E-state index in [-0.39, 0.29) is 0 Å². The molecule has 0 aliphatic carbocycles. The number of ether oxygens (including phenoxy) is 2. The van der Waals surface area contributed by atoms with Gasteiger partial charge in [-0.05, 0) is 38.2 Å². The average Bonchev–Trinajstić information content (AvgIpc) is 2.70. The molecule has 3 N–H and O–H groups in total. The molecular formula is C19H31Cl2N5O2. The van der Waals surface area contributed by atoms with Crippen LogP contribution in [0, 0.1) is 5.92 Å². The minimum absolute atomic E-state index is 0.508. The standard InChI is InChI=1S/C19H31Cl2N5O2/c1-2-22-19(24-6-3-9-28-14-15-4-10-27-11-5-15)25-8-7-23-18-17(21)12-16(20)13-26-18/h12-13,15H,2-11,14H2,1H3,(H,23,26)(H2,22,24,25). The molecule has 0 radical (unpaired) electrons. The number of aliphatic imine (C=N–C) groups is 1. The second-order valence-corrected chi connectivity index (χ2v) is 7.43. The summed E-state index contributed by atoms with van der Waals surface area (Å²) in [5.41, 5.74) is 0. The molecule has 1 saturated heterocycles. The number of pyridine rings is 1. The van der Waals surface area contributed by atoms with E-state index in [4.69, 9.17) is 32.7 Å². The molecular weight excluding hydrogens is 401 g/mol. The lowest BCUT2D eigenvalue weighted by Gasteiger charge is -2.21. The van der Waals surface area contributed by atoms with Crippen LogP contribution >= 0.6 is 23.2 Å². The smallest absolute Gasteiger partial charge is 0.191 e. The largest absolute Gasteiger partial charge is 0.381 e. The Labute approximate surface area is 177 Å². The Hall–Kier alpha value is -1.28. The van der Waals surface area contributed by atoms with Crippen molar-refractivity contribution in [2.45, 2.75) is 26.2 Å². The fourth-order valence-corrected chi connectivity index (χ4v) is 3.22. The molecule has 1 fully saturated rings. The molecule has 1 aromatic heterocycles. The van der Waals surface area contributed by atoms with Crippen LogP contribution < -0.4 is 16.0 Å². The van der Waals surface area contributed by atoms with Crippen LogP contribution in [0.1, 0.15) is 26.2 Å². The Bertz CT molecular complexity index is 598. The third-order valence-electron chi connectivity index (χ3n) is 4.27. The normalized spacial score (nSPS) is 15.5. The number of nitrogens with zero attached hydrogens (tertiary/aromatic N) is 2. The van der Waals surface area contributed by atoms with E-state index in [9.17, 15) is 0 Å². The molecule has 1 aromatic rings. The van der Waals surface area contributed by atoms with Crippen molar-refractivity contribution in [3.05, 3.63) is 22.3 Å². The zero-order valence-electron chi connectivity index (χ0n) is 16.5. The van der Waals surface area contributed by atoms with Gasteiger partial charge in [-0.2, -0.15) is 0 Å². The van der Waals surface area contributed by atoms with E-state index in [2.05, 4.69) is 25.9 Å². The van der Waals surface area contributed by atoms with Gasteiger partial charge in [0.05, 0.1) is 10.0 Å². The number of rotatable bonds is 11. The van der Waals surface area contributed by atoms with Crippen molar-refractivity contribution >= 4 is 35.0 Å². The first-order valence-corrected chi connectivity index (χ1v) is 10.7. The van der Waals surface area contributed by atoms with Crippen molar-refractivity contribution in [1.29, 1.82) is 0 Å². The molecule has 7 nitrogen and oxygen atoms in total. The van der Waals surface area contributed by atoms with Gasteiger partial charge in [-0.1, -0.05) is 23.2 Å². The van der Waals surface area contributed by atoms with Crippen LogP contribution in [0.15, 0.2) is 17.3 Å². The molecule has 0 unspecified atom stereocenters. The molecule has 1 aliphatic rings. The molecule has 0 bridgehead atoms. The SMILES string of the molecule is CCNC(=NCCCOCC1CCOCC1)NCCNc1ncc(Cl)cc1Cl. The van der Waals surface area contributed by atoms with Gasteiger partial charge < -0.3 is 25.4 Å². The maximum absolute atomic E-state index is 6.10. The van der Waals surface area contributed by atoms with Crippen molar-refractivity contribution < 1.29 is 9.47 Å². The van der Waals surface area contributed by atoms with E-state index in [1.54, 1.807) is 12.3 Å². The molecule has 28 heavy (non-hydrogen) atoms. The zero-order chi connectivity index (χ0) is 20.0. The molecule has 0 amide bonds. The number of guanidine groups is 1. The molecule has 0 atom stereocenters. The summed E-state index contributed by atoms with van der Waals surface area (Å²) >= 11 is 11.9. The van der Waals surface area contributed by atoms with Crippen molar-refractivity contribution in [3.8, 4) is 0 Å². The van der Waals surface area contributed by atoms with Crippen LogP contribution in [0.5, 0.6) is 0 Å². The lowest BCUT2D eigenvalue weighted by molar-refractivity contribution is 0.0205. The van der Waals surface area contributed by atoms with Gasteiger partial charge in [0, 0.05) is 58.8 Å².